The Kier molecular flexibility index (Phi) is 5.55. The van der Waals surface area contributed by atoms with Crippen molar-refractivity contribution in [3.8, 4) is 5.75 Å². The molecule has 2 atom stereocenters. The molecule has 4 rings (SSSR count). The minimum atomic E-state index is -0.177. The zero-order chi connectivity index (χ0) is 19.7. The lowest BCUT2D eigenvalue weighted by molar-refractivity contribution is -0.131. The number of nitrogens with zero attached hydrogens (tertiary/aromatic N) is 3. The molecule has 0 aromatic heterocycles. The van der Waals surface area contributed by atoms with Crippen LogP contribution in [0.2, 0.25) is 0 Å². The zero-order valence-electron chi connectivity index (χ0n) is 16.7. The number of anilines is 1. The molecule has 2 bridgehead atoms. The van der Waals surface area contributed by atoms with Crippen LogP contribution in [0.25, 0.3) is 0 Å². The van der Waals surface area contributed by atoms with Crippen LogP contribution in [0, 0.1) is 0 Å². The van der Waals surface area contributed by atoms with E-state index in [9.17, 15) is 9.59 Å². The molecule has 1 aromatic rings. The van der Waals surface area contributed by atoms with Gasteiger partial charge in [-0.3, -0.25) is 14.5 Å². The Labute approximate surface area is 166 Å². The zero-order valence-corrected chi connectivity index (χ0v) is 16.7. The number of rotatable bonds is 4. The van der Waals surface area contributed by atoms with E-state index in [2.05, 4.69) is 4.90 Å². The van der Waals surface area contributed by atoms with Gasteiger partial charge >= 0.3 is 0 Å². The smallest absolute Gasteiger partial charge is 0.244 e. The molecule has 2 saturated heterocycles. The van der Waals surface area contributed by atoms with E-state index in [0.29, 0.717) is 25.6 Å². The van der Waals surface area contributed by atoms with Gasteiger partial charge in [0.25, 0.3) is 0 Å². The quantitative estimate of drug-likeness (QED) is 0.784. The molecule has 152 valence electrons. The maximum Gasteiger partial charge on any atom is 0.244 e. The molecule has 2 amide bonds. The van der Waals surface area contributed by atoms with Crippen LogP contribution >= 0.6 is 0 Å². The minimum Gasteiger partial charge on any atom is -0.487 e. The van der Waals surface area contributed by atoms with E-state index in [1.165, 1.54) is 0 Å². The highest BCUT2D eigenvalue weighted by molar-refractivity contribution is 5.99. The molecular weight excluding hydrogens is 358 g/mol. The van der Waals surface area contributed by atoms with Gasteiger partial charge in [-0.05, 0) is 25.0 Å². The first-order valence-electron chi connectivity index (χ1n) is 10.2. The van der Waals surface area contributed by atoms with E-state index >= 15 is 0 Å². The van der Waals surface area contributed by atoms with Gasteiger partial charge in [-0.2, -0.15) is 0 Å². The van der Waals surface area contributed by atoms with Crippen LogP contribution < -0.4 is 9.64 Å². The minimum absolute atomic E-state index is 0.0190. The summed E-state index contributed by atoms with van der Waals surface area (Å²) in [6.07, 6.45) is 2.54. The van der Waals surface area contributed by atoms with Crippen LogP contribution in [0.15, 0.2) is 24.3 Å². The summed E-state index contributed by atoms with van der Waals surface area (Å²) in [6.45, 7) is 4.89. The van der Waals surface area contributed by atoms with Crippen LogP contribution in [-0.4, -0.2) is 79.7 Å². The monoisotopic (exact) mass is 387 g/mol. The maximum atomic E-state index is 13.6. The summed E-state index contributed by atoms with van der Waals surface area (Å²) in [6, 6.07) is 7.91. The first-order chi connectivity index (χ1) is 13.6. The second-order valence-electron chi connectivity index (χ2n) is 7.88. The number of carbonyl (C=O) groups is 2. The fraction of sp³-hybridized carbons (Fsp3) is 0.619. The van der Waals surface area contributed by atoms with E-state index in [1.54, 1.807) is 14.0 Å². The predicted molar refractivity (Wildman–Crippen MR) is 105 cm³/mol. The van der Waals surface area contributed by atoms with Crippen molar-refractivity contribution >= 4 is 17.5 Å². The van der Waals surface area contributed by atoms with Gasteiger partial charge in [0.2, 0.25) is 11.8 Å². The third-order valence-corrected chi connectivity index (χ3v) is 6.20. The molecule has 7 nitrogen and oxygen atoms in total. The molecule has 3 aliphatic heterocycles. The van der Waals surface area contributed by atoms with Gasteiger partial charge < -0.3 is 19.3 Å². The normalized spacial score (nSPS) is 25.9. The van der Waals surface area contributed by atoms with Crippen molar-refractivity contribution in [3.63, 3.8) is 0 Å². The van der Waals surface area contributed by atoms with Gasteiger partial charge in [-0.25, -0.2) is 0 Å². The molecular formula is C21H29N3O4. The third kappa shape index (κ3) is 3.61. The Balaban J connectivity index is 1.57. The molecule has 0 radical (unpaired) electrons. The lowest BCUT2D eigenvalue weighted by atomic mass is 10.0. The number of carbonyl (C=O) groups excluding carboxylic acids is 2. The lowest BCUT2D eigenvalue weighted by Crippen LogP contribution is -2.53. The van der Waals surface area contributed by atoms with Crippen LogP contribution in [-0.2, 0) is 14.3 Å². The SMILES string of the molecule is COCCN1C(=O)[C@@H]2C[C@@H](CN2C2CCN(C(C)=O)CC2)Oc2ccccc21. The summed E-state index contributed by atoms with van der Waals surface area (Å²) < 4.78 is 11.6. The molecule has 3 heterocycles. The summed E-state index contributed by atoms with van der Waals surface area (Å²) >= 11 is 0. The van der Waals surface area contributed by atoms with Crippen molar-refractivity contribution in [1.82, 2.24) is 9.80 Å². The van der Waals surface area contributed by atoms with E-state index < -0.39 is 0 Å². The molecule has 3 aliphatic rings. The van der Waals surface area contributed by atoms with Crippen molar-refractivity contribution in [1.29, 1.82) is 0 Å². The van der Waals surface area contributed by atoms with E-state index in [4.69, 9.17) is 9.47 Å². The number of ether oxygens (including phenoxy) is 2. The highest BCUT2D eigenvalue weighted by Crippen LogP contribution is 2.37. The fourth-order valence-electron chi connectivity index (χ4n) is 4.74. The number of benzene rings is 1. The molecule has 0 unspecified atom stereocenters. The Morgan fingerprint density at radius 2 is 2.00 bits per heavy atom. The molecule has 2 fully saturated rings. The second-order valence-corrected chi connectivity index (χ2v) is 7.88. The van der Waals surface area contributed by atoms with Crippen molar-refractivity contribution < 1.29 is 19.1 Å². The Bertz CT molecular complexity index is 732. The van der Waals surface area contributed by atoms with Crippen molar-refractivity contribution in [2.75, 3.05) is 44.8 Å². The molecule has 1 aromatic carbocycles. The van der Waals surface area contributed by atoms with Crippen molar-refractivity contribution in [2.24, 2.45) is 0 Å². The molecule has 7 heteroatoms. The first kappa shape index (κ1) is 19.2. The third-order valence-electron chi connectivity index (χ3n) is 6.20. The molecule has 0 saturated carbocycles. The standard InChI is InChI=1S/C21H29N3O4/c1-15(25)22-9-7-16(8-10-22)24-14-17-13-19(24)21(26)23(11-12-27-2)18-5-3-4-6-20(18)28-17/h3-6,16-17,19H,7-14H2,1-2H3/t17-,19-/m0/s1. The van der Waals surface area contributed by atoms with Gasteiger partial charge in [0.1, 0.15) is 11.9 Å². The van der Waals surface area contributed by atoms with Crippen molar-refractivity contribution in [2.45, 2.75) is 44.4 Å². The summed E-state index contributed by atoms with van der Waals surface area (Å²) in [4.78, 5) is 31.3. The van der Waals surface area contributed by atoms with Gasteiger partial charge in [0, 0.05) is 52.7 Å². The first-order valence-corrected chi connectivity index (χ1v) is 10.2. The van der Waals surface area contributed by atoms with E-state index in [1.807, 2.05) is 34.1 Å². The summed E-state index contributed by atoms with van der Waals surface area (Å²) in [5, 5.41) is 0. The average Bonchev–Trinajstić information content (AvgIpc) is 3.13. The number of hydrogen-bond acceptors (Lipinski definition) is 5. The number of methoxy groups -OCH3 is 1. The van der Waals surface area contributed by atoms with Gasteiger partial charge in [0.05, 0.1) is 18.3 Å². The van der Waals surface area contributed by atoms with Crippen LogP contribution in [0.3, 0.4) is 0 Å². The second kappa shape index (κ2) is 8.09. The Hall–Kier alpha value is -2.12. The van der Waals surface area contributed by atoms with Crippen LogP contribution in [0.1, 0.15) is 26.2 Å². The highest BCUT2D eigenvalue weighted by Gasteiger charge is 2.45. The topological polar surface area (TPSA) is 62.3 Å². The summed E-state index contributed by atoms with van der Waals surface area (Å²) in [7, 11) is 1.65. The van der Waals surface area contributed by atoms with Gasteiger partial charge in [-0.15, -0.1) is 0 Å². The Morgan fingerprint density at radius 3 is 2.71 bits per heavy atom. The van der Waals surface area contributed by atoms with E-state index in [0.717, 1.165) is 43.9 Å². The average molecular weight is 387 g/mol. The lowest BCUT2D eigenvalue weighted by Gasteiger charge is -2.39. The molecule has 0 spiro atoms. The predicted octanol–water partition coefficient (Wildman–Crippen LogP) is 1.51. The highest BCUT2D eigenvalue weighted by atomic mass is 16.5. The Morgan fingerprint density at radius 1 is 1.25 bits per heavy atom. The number of amides is 2. The number of fused-ring (bicyclic) bond motifs is 3. The number of para-hydroxylation sites is 2. The molecule has 0 N–H and O–H groups in total. The number of hydrogen-bond donors (Lipinski definition) is 0. The van der Waals surface area contributed by atoms with Crippen molar-refractivity contribution in [3.05, 3.63) is 24.3 Å². The number of likely N-dealkylation sites (tertiary alicyclic amines) is 2. The van der Waals surface area contributed by atoms with Gasteiger partial charge in [-0.1, -0.05) is 12.1 Å². The van der Waals surface area contributed by atoms with Gasteiger partial charge in [0.15, 0.2) is 0 Å². The molecule has 0 aliphatic carbocycles. The summed E-state index contributed by atoms with van der Waals surface area (Å²) in [5.74, 6) is 1.03. The number of piperidine rings is 1. The van der Waals surface area contributed by atoms with Crippen LogP contribution in [0.5, 0.6) is 5.75 Å². The molecule has 28 heavy (non-hydrogen) atoms. The largest absolute Gasteiger partial charge is 0.487 e. The summed E-state index contributed by atoms with van der Waals surface area (Å²) in [5.41, 5.74) is 0.826. The van der Waals surface area contributed by atoms with Crippen LogP contribution in [0.4, 0.5) is 5.69 Å². The van der Waals surface area contributed by atoms with E-state index in [-0.39, 0.29) is 24.0 Å². The fourth-order valence-corrected chi connectivity index (χ4v) is 4.74. The maximum absolute atomic E-state index is 13.6.